The van der Waals surface area contributed by atoms with E-state index >= 15 is 0 Å². The Morgan fingerprint density at radius 3 is 2.29 bits per heavy atom. The molecule has 1 saturated heterocycles. The van der Waals surface area contributed by atoms with Crippen LogP contribution >= 0.6 is 0 Å². The highest BCUT2D eigenvalue weighted by molar-refractivity contribution is 5.92. The molecule has 0 unspecified atom stereocenters. The summed E-state index contributed by atoms with van der Waals surface area (Å²) in [6, 6.07) is 15.4. The molecule has 2 fully saturated rings. The lowest BCUT2D eigenvalue weighted by Crippen LogP contribution is -2.56. The average molecular weight is 422 g/mol. The molecule has 4 rings (SSSR count). The Hall–Kier alpha value is -2.79. The van der Waals surface area contributed by atoms with E-state index < -0.39 is 5.60 Å². The molecule has 0 radical (unpaired) electrons. The fourth-order valence-electron chi connectivity index (χ4n) is 5.12. The number of hydrogen-bond acceptors (Lipinski definition) is 4. The van der Waals surface area contributed by atoms with Gasteiger partial charge in [-0.2, -0.15) is 0 Å². The lowest BCUT2D eigenvalue weighted by Gasteiger charge is -2.52. The van der Waals surface area contributed by atoms with E-state index in [2.05, 4.69) is 0 Å². The molecule has 1 saturated carbocycles. The summed E-state index contributed by atoms with van der Waals surface area (Å²) in [5, 5.41) is 11.4. The lowest BCUT2D eigenvalue weighted by atomic mass is 9.66. The van der Waals surface area contributed by atoms with E-state index in [4.69, 9.17) is 9.47 Å². The Morgan fingerprint density at radius 2 is 1.65 bits per heavy atom. The van der Waals surface area contributed by atoms with Crippen LogP contribution in [0.3, 0.4) is 0 Å². The van der Waals surface area contributed by atoms with Crippen molar-refractivity contribution in [2.24, 2.45) is 5.92 Å². The molecule has 0 aromatic heterocycles. The largest absolute Gasteiger partial charge is 0.497 e. The van der Waals surface area contributed by atoms with Crippen LogP contribution in [0.15, 0.2) is 54.6 Å². The summed E-state index contributed by atoms with van der Waals surface area (Å²) in [7, 11) is 3.28. The van der Waals surface area contributed by atoms with Crippen molar-refractivity contribution >= 4 is 12.0 Å². The molecule has 2 aromatic rings. The van der Waals surface area contributed by atoms with E-state index in [0.29, 0.717) is 13.0 Å². The van der Waals surface area contributed by atoms with Crippen molar-refractivity contribution in [3.05, 3.63) is 65.7 Å². The fraction of sp³-hybridized carbons (Fsp3) is 0.423. The number of amides is 1. The second kappa shape index (κ2) is 9.15. The molecule has 5 nitrogen and oxygen atoms in total. The summed E-state index contributed by atoms with van der Waals surface area (Å²) in [4.78, 5) is 15.2. The number of piperidine rings is 1. The molecule has 0 bridgehead atoms. The lowest BCUT2D eigenvalue weighted by molar-refractivity contribution is -0.150. The van der Waals surface area contributed by atoms with Gasteiger partial charge in [-0.25, -0.2) is 0 Å². The van der Waals surface area contributed by atoms with E-state index in [1.165, 1.54) is 0 Å². The van der Waals surface area contributed by atoms with E-state index in [1.807, 2.05) is 59.5 Å². The van der Waals surface area contributed by atoms with Gasteiger partial charge in [-0.15, -0.1) is 0 Å². The standard InChI is InChI=1S/C26H31NO4/c1-30-21-11-6-19(7-12-21)8-15-24(28)27-18-17-26(29)16-4-3-5-23(26)25(27)20-9-13-22(31-2)14-10-20/h6-15,23,25,29H,3-5,16-18H2,1-2H3/t23-,25-,26+/m0/s1. The summed E-state index contributed by atoms with van der Waals surface area (Å²) >= 11 is 0. The SMILES string of the molecule is COc1ccc(C=CC(=O)N2CC[C@]3(O)CCCC[C@H]3[C@@H]2c2ccc(OC)cc2)cc1. The summed E-state index contributed by atoms with van der Waals surface area (Å²) in [5.74, 6) is 1.59. The molecule has 1 amide bonds. The number of benzene rings is 2. The van der Waals surface area contributed by atoms with Crippen LogP contribution in [0.4, 0.5) is 0 Å². The Kier molecular flexibility index (Phi) is 6.33. The van der Waals surface area contributed by atoms with Crippen LogP contribution in [-0.2, 0) is 4.79 Å². The Balaban J connectivity index is 1.61. The smallest absolute Gasteiger partial charge is 0.247 e. The fourth-order valence-corrected chi connectivity index (χ4v) is 5.12. The number of ether oxygens (including phenoxy) is 2. The van der Waals surface area contributed by atoms with Crippen LogP contribution in [0.5, 0.6) is 11.5 Å². The maximum atomic E-state index is 13.3. The van der Waals surface area contributed by atoms with Gasteiger partial charge in [0.15, 0.2) is 0 Å². The third-order valence-corrected chi connectivity index (χ3v) is 6.84. The van der Waals surface area contributed by atoms with Crippen molar-refractivity contribution in [3.63, 3.8) is 0 Å². The topological polar surface area (TPSA) is 59.0 Å². The summed E-state index contributed by atoms with van der Waals surface area (Å²) in [6.07, 6.45) is 8.00. The van der Waals surface area contributed by atoms with Gasteiger partial charge in [-0.1, -0.05) is 37.1 Å². The number of likely N-dealkylation sites (tertiary alicyclic amines) is 1. The van der Waals surface area contributed by atoms with Gasteiger partial charge >= 0.3 is 0 Å². The van der Waals surface area contributed by atoms with Crippen LogP contribution < -0.4 is 9.47 Å². The summed E-state index contributed by atoms with van der Waals surface area (Å²) in [5.41, 5.74) is 1.30. The second-order valence-electron chi connectivity index (χ2n) is 8.56. The van der Waals surface area contributed by atoms with Crippen molar-refractivity contribution in [1.29, 1.82) is 0 Å². The first-order valence-corrected chi connectivity index (χ1v) is 11.0. The molecule has 1 aliphatic heterocycles. The normalized spacial score (nSPS) is 25.8. The number of hydrogen-bond donors (Lipinski definition) is 1. The number of nitrogens with zero attached hydrogens (tertiary/aromatic N) is 1. The van der Waals surface area contributed by atoms with Crippen molar-refractivity contribution in [3.8, 4) is 11.5 Å². The minimum absolute atomic E-state index is 0.0238. The number of carbonyl (C=O) groups is 1. The summed E-state index contributed by atoms with van der Waals surface area (Å²) in [6.45, 7) is 0.551. The van der Waals surface area contributed by atoms with Gasteiger partial charge in [-0.3, -0.25) is 4.79 Å². The zero-order valence-electron chi connectivity index (χ0n) is 18.3. The molecule has 1 aliphatic carbocycles. The minimum Gasteiger partial charge on any atom is -0.497 e. The van der Waals surface area contributed by atoms with Crippen LogP contribution in [-0.4, -0.2) is 42.3 Å². The van der Waals surface area contributed by atoms with Crippen LogP contribution in [0.2, 0.25) is 0 Å². The number of aliphatic hydroxyl groups is 1. The van der Waals surface area contributed by atoms with Crippen molar-refractivity contribution in [2.45, 2.75) is 43.7 Å². The minimum atomic E-state index is -0.695. The molecule has 1 N–H and O–H groups in total. The number of carbonyl (C=O) groups excluding carboxylic acids is 1. The molecular formula is C26H31NO4. The van der Waals surface area contributed by atoms with E-state index in [9.17, 15) is 9.90 Å². The number of fused-ring (bicyclic) bond motifs is 1. The molecule has 0 spiro atoms. The molecule has 1 heterocycles. The number of rotatable bonds is 5. The Morgan fingerprint density at radius 1 is 1.00 bits per heavy atom. The first-order valence-electron chi connectivity index (χ1n) is 11.0. The highest BCUT2D eigenvalue weighted by Gasteiger charge is 2.49. The maximum absolute atomic E-state index is 13.3. The van der Waals surface area contributed by atoms with E-state index in [0.717, 1.165) is 48.3 Å². The molecule has 31 heavy (non-hydrogen) atoms. The predicted octanol–water partition coefficient (Wildman–Crippen LogP) is 4.61. The third kappa shape index (κ3) is 4.47. The Labute approximate surface area is 184 Å². The van der Waals surface area contributed by atoms with Crippen molar-refractivity contribution < 1.29 is 19.4 Å². The summed E-state index contributed by atoms with van der Waals surface area (Å²) < 4.78 is 10.5. The van der Waals surface area contributed by atoms with Crippen molar-refractivity contribution in [2.75, 3.05) is 20.8 Å². The van der Waals surface area contributed by atoms with Gasteiger partial charge in [0.1, 0.15) is 11.5 Å². The highest BCUT2D eigenvalue weighted by atomic mass is 16.5. The van der Waals surface area contributed by atoms with Gasteiger partial charge in [0.25, 0.3) is 0 Å². The molecular weight excluding hydrogens is 390 g/mol. The molecule has 3 atom stereocenters. The first kappa shape index (κ1) is 21.4. The zero-order valence-corrected chi connectivity index (χ0v) is 18.3. The van der Waals surface area contributed by atoms with Crippen LogP contribution in [0.25, 0.3) is 6.08 Å². The molecule has 2 aromatic carbocycles. The van der Waals surface area contributed by atoms with Gasteiger partial charge in [0.2, 0.25) is 5.91 Å². The highest BCUT2D eigenvalue weighted by Crippen LogP contribution is 2.49. The van der Waals surface area contributed by atoms with Gasteiger partial charge in [0.05, 0.1) is 25.9 Å². The number of methoxy groups -OCH3 is 2. The third-order valence-electron chi connectivity index (χ3n) is 6.84. The molecule has 164 valence electrons. The van der Waals surface area contributed by atoms with Gasteiger partial charge < -0.3 is 19.5 Å². The van der Waals surface area contributed by atoms with E-state index in [1.54, 1.807) is 20.3 Å². The maximum Gasteiger partial charge on any atom is 0.247 e. The van der Waals surface area contributed by atoms with Crippen LogP contribution in [0.1, 0.15) is 49.3 Å². The van der Waals surface area contributed by atoms with Crippen LogP contribution in [0, 0.1) is 5.92 Å². The van der Waals surface area contributed by atoms with Gasteiger partial charge in [0, 0.05) is 18.5 Å². The average Bonchev–Trinajstić information content (AvgIpc) is 2.82. The molecule has 2 aliphatic rings. The van der Waals surface area contributed by atoms with Gasteiger partial charge in [-0.05, 0) is 60.7 Å². The molecule has 5 heteroatoms. The monoisotopic (exact) mass is 421 g/mol. The van der Waals surface area contributed by atoms with E-state index in [-0.39, 0.29) is 17.9 Å². The second-order valence-corrected chi connectivity index (χ2v) is 8.56. The quantitative estimate of drug-likeness (QED) is 0.716. The Bertz CT molecular complexity index is 921. The zero-order chi connectivity index (χ0) is 21.8. The first-order chi connectivity index (χ1) is 15.0. The predicted molar refractivity (Wildman–Crippen MR) is 121 cm³/mol. The van der Waals surface area contributed by atoms with Crippen molar-refractivity contribution in [1.82, 2.24) is 4.90 Å².